The third-order valence-electron chi connectivity index (χ3n) is 2.75. The number of para-hydroxylation sites is 2. The summed E-state index contributed by atoms with van der Waals surface area (Å²) in [6.07, 6.45) is 0. The fraction of sp³-hybridized carbons (Fsp3) is 0.133. The predicted octanol–water partition coefficient (Wildman–Crippen LogP) is 3.67. The Morgan fingerprint density at radius 2 is 1.85 bits per heavy atom. The standard InChI is InChI=1S/C15H15ClN2O2/c1-20-14-9-5-2-6-11(14)10-17-15(19)18-13-8-4-3-7-12(13)16/h2-9H,10H2,1H3,(H2,17,18,19). The van der Waals surface area contributed by atoms with Gasteiger partial charge in [0.15, 0.2) is 0 Å². The highest BCUT2D eigenvalue weighted by Gasteiger charge is 2.06. The Morgan fingerprint density at radius 1 is 1.15 bits per heavy atom. The molecule has 0 atom stereocenters. The molecular formula is C15H15ClN2O2. The summed E-state index contributed by atoms with van der Waals surface area (Å²) in [5.74, 6) is 0.741. The summed E-state index contributed by atoms with van der Waals surface area (Å²) >= 11 is 5.97. The molecule has 0 aliphatic carbocycles. The lowest BCUT2D eigenvalue weighted by Crippen LogP contribution is -2.28. The van der Waals surface area contributed by atoms with Crippen LogP contribution in [0.3, 0.4) is 0 Å². The molecule has 2 rings (SSSR count). The summed E-state index contributed by atoms with van der Waals surface area (Å²) in [6, 6.07) is 14.3. The first-order valence-corrected chi connectivity index (χ1v) is 6.50. The molecule has 2 amide bonds. The van der Waals surface area contributed by atoms with E-state index in [1.807, 2.05) is 30.3 Å². The molecule has 0 aliphatic heterocycles. The van der Waals surface area contributed by atoms with Crippen molar-refractivity contribution in [2.75, 3.05) is 12.4 Å². The first-order chi connectivity index (χ1) is 9.70. The summed E-state index contributed by atoms with van der Waals surface area (Å²) in [6.45, 7) is 0.375. The molecule has 20 heavy (non-hydrogen) atoms. The van der Waals surface area contributed by atoms with E-state index < -0.39 is 0 Å². The average Bonchev–Trinajstić information content (AvgIpc) is 2.48. The molecule has 5 heteroatoms. The Kier molecular flexibility index (Phi) is 4.85. The van der Waals surface area contributed by atoms with E-state index in [0.29, 0.717) is 17.3 Å². The number of urea groups is 1. The second-order valence-electron chi connectivity index (χ2n) is 4.10. The van der Waals surface area contributed by atoms with Gasteiger partial charge < -0.3 is 15.4 Å². The van der Waals surface area contributed by atoms with Crippen molar-refractivity contribution < 1.29 is 9.53 Å². The Morgan fingerprint density at radius 3 is 2.60 bits per heavy atom. The van der Waals surface area contributed by atoms with E-state index in [1.54, 1.807) is 25.3 Å². The van der Waals surface area contributed by atoms with Crippen LogP contribution in [0.2, 0.25) is 5.02 Å². The molecule has 0 saturated heterocycles. The maximum atomic E-state index is 11.8. The van der Waals surface area contributed by atoms with Gasteiger partial charge in [-0.2, -0.15) is 0 Å². The molecule has 2 aromatic rings. The quantitative estimate of drug-likeness (QED) is 0.902. The van der Waals surface area contributed by atoms with Crippen molar-refractivity contribution in [1.82, 2.24) is 5.32 Å². The lowest BCUT2D eigenvalue weighted by Gasteiger charge is -2.11. The van der Waals surface area contributed by atoms with E-state index in [2.05, 4.69) is 10.6 Å². The highest BCUT2D eigenvalue weighted by Crippen LogP contribution is 2.20. The number of anilines is 1. The monoisotopic (exact) mass is 290 g/mol. The minimum absolute atomic E-state index is 0.316. The number of benzene rings is 2. The fourth-order valence-corrected chi connectivity index (χ4v) is 1.94. The van der Waals surface area contributed by atoms with Gasteiger partial charge in [-0.25, -0.2) is 4.79 Å². The van der Waals surface area contributed by atoms with Crippen LogP contribution in [-0.4, -0.2) is 13.1 Å². The number of hydrogen-bond acceptors (Lipinski definition) is 2. The molecule has 0 heterocycles. The molecule has 2 N–H and O–H groups in total. The molecule has 0 aromatic heterocycles. The third-order valence-corrected chi connectivity index (χ3v) is 3.08. The number of rotatable bonds is 4. The normalized spacial score (nSPS) is 9.90. The Bertz CT molecular complexity index is 602. The van der Waals surface area contributed by atoms with E-state index in [1.165, 1.54) is 0 Å². The molecule has 104 valence electrons. The van der Waals surface area contributed by atoms with Crippen LogP contribution < -0.4 is 15.4 Å². The van der Waals surface area contributed by atoms with Gasteiger partial charge in [0.25, 0.3) is 0 Å². The Labute approximate surface area is 122 Å². The van der Waals surface area contributed by atoms with Gasteiger partial charge in [-0.1, -0.05) is 41.9 Å². The summed E-state index contributed by atoms with van der Waals surface area (Å²) in [5, 5.41) is 5.96. The molecule has 4 nitrogen and oxygen atoms in total. The molecule has 0 saturated carbocycles. The second-order valence-corrected chi connectivity index (χ2v) is 4.51. The van der Waals surface area contributed by atoms with E-state index >= 15 is 0 Å². The highest BCUT2D eigenvalue weighted by atomic mass is 35.5. The number of nitrogens with one attached hydrogen (secondary N) is 2. The molecule has 2 aromatic carbocycles. The van der Waals surface area contributed by atoms with Gasteiger partial charge in [-0.05, 0) is 18.2 Å². The number of carbonyl (C=O) groups is 1. The van der Waals surface area contributed by atoms with Crippen molar-refractivity contribution in [3.63, 3.8) is 0 Å². The lowest BCUT2D eigenvalue weighted by molar-refractivity contribution is 0.251. The SMILES string of the molecule is COc1ccccc1CNC(=O)Nc1ccccc1Cl. The zero-order valence-corrected chi connectivity index (χ0v) is 11.8. The summed E-state index contributed by atoms with van der Waals surface area (Å²) in [7, 11) is 1.60. The van der Waals surface area contributed by atoms with Gasteiger partial charge in [-0.3, -0.25) is 0 Å². The predicted molar refractivity (Wildman–Crippen MR) is 80.3 cm³/mol. The van der Waals surface area contributed by atoms with E-state index in [9.17, 15) is 4.79 Å². The molecule has 0 bridgehead atoms. The Balaban J connectivity index is 1.94. The van der Waals surface area contributed by atoms with Gasteiger partial charge in [-0.15, -0.1) is 0 Å². The Hall–Kier alpha value is -2.20. The van der Waals surface area contributed by atoms with Crippen LogP contribution >= 0.6 is 11.6 Å². The van der Waals surface area contributed by atoms with Crippen LogP contribution in [0.15, 0.2) is 48.5 Å². The van der Waals surface area contributed by atoms with Crippen molar-refractivity contribution in [2.45, 2.75) is 6.54 Å². The zero-order valence-electron chi connectivity index (χ0n) is 11.0. The van der Waals surface area contributed by atoms with Crippen molar-refractivity contribution in [2.24, 2.45) is 0 Å². The molecule has 0 spiro atoms. The van der Waals surface area contributed by atoms with Crippen molar-refractivity contribution in [3.05, 3.63) is 59.1 Å². The maximum Gasteiger partial charge on any atom is 0.319 e. The maximum absolute atomic E-state index is 11.8. The largest absolute Gasteiger partial charge is 0.496 e. The zero-order chi connectivity index (χ0) is 14.4. The molecule has 0 aliphatic rings. The number of amides is 2. The van der Waals surface area contributed by atoms with Crippen LogP contribution in [0.25, 0.3) is 0 Å². The van der Waals surface area contributed by atoms with Gasteiger partial charge in [0, 0.05) is 12.1 Å². The van der Waals surface area contributed by atoms with Crippen LogP contribution in [0.5, 0.6) is 5.75 Å². The molecule has 0 radical (unpaired) electrons. The average molecular weight is 291 g/mol. The van der Waals surface area contributed by atoms with Gasteiger partial charge in [0.2, 0.25) is 0 Å². The smallest absolute Gasteiger partial charge is 0.319 e. The third kappa shape index (κ3) is 3.65. The topological polar surface area (TPSA) is 50.4 Å². The van der Waals surface area contributed by atoms with Crippen molar-refractivity contribution in [1.29, 1.82) is 0 Å². The number of carbonyl (C=O) groups excluding carboxylic acids is 1. The van der Waals surface area contributed by atoms with Gasteiger partial charge in [0.05, 0.1) is 17.8 Å². The van der Waals surface area contributed by atoms with E-state index in [4.69, 9.17) is 16.3 Å². The number of ether oxygens (including phenoxy) is 1. The van der Waals surface area contributed by atoms with Crippen LogP contribution in [0.4, 0.5) is 10.5 Å². The first kappa shape index (κ1) is 14.2. The summed E-state index contributed by atoms with van der Waals surface area (Å²) in [4.78, 5) is 11.8. The summed E-state index contributed by atoms with van der Waals surface area (Å²) < 4.78 is 5.22. The highest BCUT2D eigenvalue weighted by molar-refractivity contribution is 6.33. The van der Waals surface area contributed by atoms with Gasteiger partial charge >= 0.3 is 6.03 Å². The van der Waals surface area contributed by atoms with Crippen LogP contribution in [0, 0.1) is 0 Å². The number of halogens is 1. The minimum Gasteiger partial charge on any atom is -0.496 e. The number of methoxy groups -OCH3 is 1. The fourth-order valence-electron chi connectivity index (χ4n) is 1.75. The number of hydrogen-bond donors (Lipinski definition) is 2. The van der Waals surface area contributed by atoms with Crippen LogP contribution in [-0.2, 0) is 6.54 Å². The van der Waals surface area contributed by atoms with Crippen molar-refractivity contribution >= 4 is 23.3 Å². The van der Waals surface area contributed by atoms with E-state index in [0.717, 1.165) is 11.3 Å². The summed E-state index contributed by atoms with van der Waals surface area (Å²) in [5.41, 5.74) is 1.48. The lowest BCUT2D eigenvalue weighted by atomic mass is 10.2. The minimum atomic E-state index is -0.316. The first-order valence-electron chi connectivity index (χ1n) is 6.12. The molecule has 0 unspecified atom stereocenters. The molecule has 0 fully saturated rings. The van der Waals surface area contributed by atoms with Crippen LogP contribution in [0.1, 0.15) is 5.56 Å². The van der Waals surface area contributed by atoms with E-state index in [-0.39, 0.29) is 6.03 Å². The second kappa shape index (κ2) is 6.82. The van der Waals surface area contributed by atoms with Crippen molar-refractivity contribution in [3.8, 4) is 5.75 Å². The van der Waals surface area contributed by atoms with Gasteiger partial charge in [0.1, 0.15) is 5.75 Å². The molecular weight excluding hydrogens is 276 g/mol.